The molecule has 0 aliphatic heterocycles. The highest BCUT2D eigenvalue weighted by Crippen LogP contribution is 2.61. The lowest BCUT2D eigenvalue weighted by atomic mass is 9.85. The molecular formula is C31H27F6NO5. The minimum Gasteiger partial charge on any atom is -0.484 e. The number of aliphatic carboxylic acids is 1. The van der Waals surface area contributed by atoms with Crippen molar-refractivity contribution in [3.63, 3.8) is 0 Å². The predicted octanol–water partition coefficient (Wildman–Crippen LogP) is 6.81. The van der Waals surface area contributed by atoms with E-state index in [1.165, 1.54) is 6.20 Å². The van der Waals surface area contributed by atoms with Gasteiger partial charge in [0.15, 0.2) is 17.4 Å². The van der Waals surface area contributed by atoms with Crippen LogP contribution in [0.25, 0.3) is 11.1 Å². The largest absolute Gasteiger partial charge is 0.484 e. The Bertz CT molecular complexity index is 1570. The van der Waals surface area contributed by atoms with Crippen LogP contribution in [0.2, 0.25) is 0 Å². The number of aliphatic hydroxyl groups is 1. The topological polar surface area (TPSA) is 88.9 Å². The second-order valence-electron chi connectivity index (χ2n) is 11.8. The van der Waals surface area contributed by atoms with E-state index >= 15 is 8.78 Å². The number of ether oxygens (including phenoxy) is 2. The molecule has 6 nitrogen and oxygen atoms in total. The standard InChI is InChI=1S/C31H27F6NO5/c1-30(41)4-2-17(3-5-30)43-28-23(33)8-15(9-24(28)34)18-7-16(22(32)11-21(18)31(35,36)37)13-42-25-10-14-6-19-26(20(14)12-38-25)27(19)29(39)40/h7-12,17,19,26-27,41H,2-6,13H2,1H3,(H,39,40)/t17-,19-,26-,27+,30-/m1/s1. The summed E-state index contributed by atoms with van der Waals surface area (Å²) in [5, 5.41) is 19.4. The molecule has 2 fully saturated rings. The highest BCUT2D eigenvalue weighted by atomic mass is 19.4. The summed E-state index contributed by atoms with van der Waals surface area (Å²) in [6.45, 7) is 1.13. The summed E-state index contributed by atoms with van der Waals surface area (Å²) in [6.07, 6.45) is -2.18. The molecule has 0 saturated heterocycles. The first kappa shape index (κ1) is 29.3. The van der Waals surface area contributed by atoms with Crippen LogP contribution in [-0.4, -0.2) is 32.9 Å². The first-order valence-electron chi connectivity index (χ1n) is 13.8. The molecule has 0 unspecified atom stereocenters. The van der Waals surface area contributed by atoms with Crippen LogP contribution in [0.1, 0.15) is 60.8 Å². The number of rotatable bonds is 7. The van der Waals surface area contributed by atoms with Gasteiger partial charge in [0.25, 0.3) is 0 Å². The van der Waals surface area contributed by atoms with Gasteiger partial charge in [-0.15, -0.1) is 0 Å². The molecule has 2 aromatic carbocycles. The lowest BCUT2D eigenvalue weighted by molar-refractivity contribution is -0.139. The Balaban J connectivity index is 1.24. The van der Waals surface area contributed by atoms with E-state index in [1.54, 1.807) is 13.0 Å². The molecule has 6 rings (SSSR count). The van der Waals surface area contributed by atoms with E-state index in [9.17, 15) is 32.6 Å². The van der Waals surface area contributed by atoms with Gasteiger partial charge < -0.3 is 19.7 Å². The van der Waals surface area contributed by atoms with Crippen LogP contribution in [0.5, 0.6) is 11.6 Å². The summed E-state index contributed by atoms with van der Waals surface area (Å²) in [6, 6.07) is 4.12. The molecule has 12 heteroatoms. The first-order chi connectivity index (χ1) is 20.2. The molecule has 1 aromatic heterocycles. The van der Waals surface area contributed by atoms with Crippen LogP contribution in [0, 0.1) is 29.3 Å². The van der Waals surface area contributed by atoms with E-state index in [2.05, 4.69) is 4.98 Å². The van der Waals surface area contributed by atoms with Crippen LogP contribution >= 0.6 is 0 Å². The lowest BCUT2D eigenvalue weighted by Crippen LogP contribution is -2.35. The fourth-order valence-electron chi connectivity index (χ4n) is 6.36. The van der Waals surface area contributed by atoms with Crippen molar-refractivity contribution in [2.24, 2.45) is 11.8 Å². The number of fused-ring (bicyclic) bond motifs is 3. The first-order valence-corrected chi connectivity index (χ1v) is 13.8. The SMILES string of the molecule is C[C@]1(O)CC[C@H](Oc2c(F)cc(-c3cc(COc4cc5c(cn4)[C@H]4[C@@H](C5)[C@@H]4C(=O)O)c(F)cc3C(F)(F)F)cc2F)CC1. The summed E-state index contributed by atoms with van der Waals surface area (Å²) < 4.78 is 97.8. The zero-order valence-corrected chi connectivity index (χ0v) is 22.9. The van der Waals surface area contributed by atoms with Gasteiger partial charge in [0.05, 0.1) is 23.2 Å². The van der Waals surface area contributed by atoms with E-state index in [4.69, 9.17) is 9.47 Å². The maximum atomic E-state index is 15.1. The van der Waals surface area contributed by atoms with Crippen LogP contribution in [0.3, 0.4) is 0 Å². The third kappa shape index (κ3) is 5.64. The monoisotopic (exact) mass is 607 g/mol. The molecule has 3 aliphatic rings. The molecule has 228 valence electrons. The van der Waals surface area contributed by atoms with Crippen molar-refractivity contribution in [2.75, 3.05) is 0 Å². The zero-order valence-electron chi connectivity index (χ0n) is 22.9. The minimum absolute atomic E-state index is 0.0175. The van der Waals surface area contributed by atoms with E-state index in [-0.39, 0.29) is 29.3 Å². The maximum absolute atomic E-state index is 15.1. The Hall–Kier alpha value is -3.80. The van der Waals surface area contributed by atoms with Crippen LogP contribution in [0.4, 0.5) is 26.3 Å². The number of halogens is 6. The molecular weight excluding hydrogens is 580 g/mol. The van der Waals surface area contributed by atoms with E-state index in [0.717, 1.165) is 17.2 Å². The molecule has 0 bridgehead atoms. The lowest BCUT2D eigenvalue weighted by Gasteiger charge is -2.33. The molecule has 3 aliphatic carbocycles. The fraction of sp³-hybridized carbons (Fsp3) is 0.419. The van der Waals surface area contributed by atoms with Crippen molar-refractivity contribution in [1.82, 2.24) is 4.98 Å². The Morgan fingerprint density at radius 1 is 1.05 bits per heavy atom. The van der Waals surface area contributed by atoms with Gasteiger partial charge in [0, 0.05) is 23.7 Å². The number of carboxylic acids is 1. The van der Waals surface area contributed by atoms with Crippen molar-refractivity contribution in [3.8, 4) is 22.8 Å². The number of carboxylic acid groups (broad SMARTS) is 1. The second kappa shape index (κ2) is 10.4. The van der Waals surface area contributed by atoms with Crippen molar-refractivity contribution < 1.29 is 50.8 Å². The Labute approximate surface area is 242 Å². The van der Waals surface area contributed by atoms with Crippen LogP contribution in [0.15, 0.2) is 36.5 Å². The van der Waals surface area contributed by atoms with Gasteiger partial charge in [-0.05, 0) is 91.5 Å². The molecule has 1 heterocycles. The van der Waals surface area contributed by atoms with Crippen molar-refractivity contribution in [3.05, 3.63) is 76.2 Å². The van der Waals surface area contributed by atoms with Gasteiger partial charge in [-0.2, -0.15) is 13.2 Å². The predicted molar refractivity (Wildman–Crippen MR) is 140 cm³/mol. The number of carbonyl (C=O) groups is 1. The average Bonchev–Trinajstić information content (AvgIpc) is 3.52. The van der Waals surface area contributed by atoms with Gasteiger partial charge in [-0.1, -0.05) is 0 Å². The number of pyridine rings is 1. The van der Waals surface area contributed by atoms with Gasteiger partial charge in [0.1, 0.15) is 12.4 Å². The van der Waals surface area contributed by atoms with Crippen molar-refractivity contribution in [1.29, 1.82) is 0 Å². The number of hydrogen-bond donors (Lipinski definition) is 2. The summed E-state index contributed by atoms with van der Waals surface area (Å²) in [7, 11) is 0. The minimum atomic E-state index is -5.03. The molecule has 0 amide bonds. The highest BCUT2D eigenvalue weighted by Gasteiger charge is 2.60. The van der Waals surface area contributed by atoms with E-state index in [0.29, 0.717) is 44.2 Å². The quantitative estimate of drug-likeness (QED) is 0.287. The number of nitrogens with zero attached hydrogens (tertiary/aromatic N) is 1. The third-order valence-electron chi connectivity index (χ3n) is 8.74. The maximum Gasteiger partial charge on any atom is 0.417 e. The third-order valence-corrected chi connectivity index (χ3v) is 8.74. The highest BCUT2D eigenvalue weighted by molar-refractivity contribution is 5.77. The van der Waals surface area contributed by atoms with Gasteiger partial charge >= 0.3 is 12.1 Å². The molecule has 43 heavy (non-hydrogen) atoms. The van der Waals surface area contributed by atoms with Gasteiger partial charge in [-0.25, -0.2) is 18.2 Å². The van der Waals surface area contributed by atoms with Crippen molar-refractivity contribution >= 4 is 5.97 Å². The Morgan fingerprint density at radius 3 is 2.35 bits per heavy atom. The molecule has 2 saturated carbocycles. The number of alkyl halides is 3. The zero-order chi connectivity index (χ0) is 30.8. The van der Waals surface area contributed by atoms with Crippen molar-refractivity contribution in [2.45, 2.75) is 69.4 Å². The molecule has 0 spiro atoms. The summed E-state index contributed by atoms with van der Waals surface area (Å²) in [5.41, 5.74) is -2.08. The van der Waals surface area contributed by atoms with Gasteiger partial charge in [-0.3, -0.25) is 4.79 Å². The van der Waals surface area contributed by atoms with E-state index in [1.807, 2.05) is 0 Å². The number of benzene rings is 2. The van der Waals surface area contributed by atoms with E-state index < -0.39 is 76.3 Å². The van der Waals surface area contributed by atoms with Crippen LogP contribution < -0.4 is 9.47 Å². The number of hydrogen-bond acceptors (Lipinski definition) is 5. The molecule has 3 aromatic rings. The van der Waals surface area contributed by atoms with Crippen LogP contribution in [-0.2, 0) is 24.0 Å². The average molecular weight is 608 g/mol. The van der Waals surface area contributed by atoms with Gasteiger partial charge in [0.2, 0.25) is 5.88 Å². The molecule has 0 radical (unpaired) electrons. The molecule has 2 N–H and O–H groups in total. The Morgan fingerprint density at radius 2 is 1.72 bits per heavy atom. The summed E-state index contributed by atoms with van der Waals surface area (Å²) in [4.78, 5) is 15.5. The normalized spacial score (nSPS) is 26.0. The number of aromatic nitrogens is 1. The summed E-state index contributed by atoms with van der Waals surface area (Å²) >= 11 is 0. The second-order valence-corrected chi connectivity index (χ2v) is 11.8. The fourth-order valence-corrected chi connectivity index (χ4v) is 6.36. The smallest absolute Gasteiger partial charge is 0.417 e. The molecule has 3 atom stereocenters. The Kier molecular flexibility index (Phi) is 7.10. The summed E-state index contributed by atoms with van der Waals surface area (Å²) in [5.74, 6) is -5.74.